The fraction of sp³-hybridized carbons (Fsp3) is 0.167. The molecule has 4 nitrogen and oxygen atoms in total. The zero-order chi connectivity index (χ0) is 12.4. The van der Waals surface area contributed by atoms with Gasteiger partial charge in [-0.05, 0) is 31.5 Å². The van der Waals surface area contributed by atoms with Crippen LogP contribution in [-0.2, 0) is 0 Å². The third-order valence-electron chi connectivity index (χ3n) is 2.39. The first-order valence-corrected chi connectivity index (χ1v) is 5.16. The van der Waals surface area contributed by atoms with E-state index in [1.165, 1.54) is 12.1 Å². The maximum atomic E-state index is 13.0. The first-order chi connectivity index (χ1) is 8.06. The van der Waals surface area contributed by atoms with Crippen molar-refractivity contribution in [2.75, 3.05) is 5.32 Å². The smallest absolute Gasteiger partial charge is 0.257 e. The predicted molar refractivity (Wildman–Crippen MR) is 62.4 cm³/mol. The Morgan fingerprint density at radius 2 is 2.12 bits per heavy atom. The standard InChI is InChI=1S/C12H12FN3O/c1-7-3-4-9(13)6-10(7)12(17)14-11-5-8(2)15-16-11/h3-6H,1-2H3,(H2,14,15,16,17). The molecule has 0 saturated heterocycles. The Labute approximate surface area is 97.9 Å². The van der Waals surface area contributed by atoms with Gasteiger partial charge in [-0.25, -0.2) is 4.39 Å². The summed E-state index contributed by atoms with van der Waals surface area (Å²) in [6.07, 6.45) is 0. The molecule has 0 radical (unpaired) electrons. The number of amides is 1. The Morgan fingerprint density at radius 1 is 1.35 bits per heavy atom. The number of carbonyl (C=O) groups is 1. The third-order valence-corrected chi connectivity index (χ3v) is 2.39. The van der Waals surface area contributed by atoms with E-state index < -0.39 is 5.82 Å². The van der Waals surface area contributed by atoms with Gasteiger partial charge in [0.05, 0.1) is 0 Å². The van der Waals surface area contributed by atoms with Crippen LogP contribution >= 0.6 is 0 Å². The Hall–Kier alpha value is -2.17. The summed E-state index contributed by atoms with van der Waals surface area (Å²) in [6.45, 7) is 3.58. The largest absolute Gasteiger partial charge is 0.305 e. The van der Waals surface area contributed by atoms with Crippen LogP contribution < -0.4 is 5.32 Å². The van der Waals surface area contributed by atoms with Gasteiger partial charge in [0.2, 0.25) is 0 Å². The lowest BCUT2D eigenvalue weighted by Gasteiger charge is -2.05. The van der Waals surface area contributed by atoms with Crippen LogP contribution in [0.5, 0.6) is 0 Å². The number of nitrogens with zero attached hydrogens (tertiary/aromatic N) is 1. The van der Waals surface area contributed by atoms with Gasteiger partial charge in [-0.1, -0.05) is 6.07 Å². The van der Waals surface area contributed by atoms with E-state index >= 15 is 0 Å². The molecule has 1 aromatic heterocycles. The van der Waals surface area contributed by atoms with Crippen molar-refractivity contribution < 1.29 is 9.18 Å². The van der Waals surface area contributed by atoms with Gasteiger partial charge in [-0.2, -0.15) is 5.10 Å². The van der Waals surface area contributed by atoms with E-state index in [-0.39, 0.29) is 5.91 Å². The fourth-order valence-electron chi connectivity index (χ4n) is 1.50. The highest BCUT2D eigenvalue weighted by atomic mass is 19.1. The Balaban J connectivity index is 2.22. The molecular weight excluding hydrogens is 221 g/mol. The summed E-state index contributed by atoms with van der Waals surface area (Å²) >= 11 is 0. The van der Waals surface area contributed by atoms with E-state index in [0.717, 1.165) is 11.3 Å². The van der Waals surface area contributed by atoms with Crippen molar-refractivity contribution in [2.45, 2.75) is 13.8 Å². The lowest BCUT2D eigenvalue weighted by Crippen LogP contribution is -2.13. The molecule has 17 heavy (non-hydrogen) atoms. The fourth-order valence-corrected chi connectivity index (χ4v) is 1.50. The Morgan fingerprint density at radius 3 is 2.76 bits per heavy atom. The SMILES string of the molecule is Cc1cc(NC(=O)c2cc(F)ccc2C)n[nH]1. The molecule has 2 N–H and O–H groups in total. The summed E-state index contributed by atoms with van der Waals surface area (Å²) < 4.78 is 13.0. The highest BCUT2D eigenvalue weighted by Gasteiger charge is 2.11. The van der Waals surface area contributed by atoms with E-state index in [2.05, 4.69) is 15.5 Å². The normalized spacial score (nSPS) is 10.3. The number of carbonyl (C=O) groups excluding carboxylic acids is 1. The lowest BCUT2D eigenvalue weighted by molar-refractivity contribution is 0.102. The summed E-state index contributed by atoms with van der Waals surface area (Å²) in [4.78, 5) is 11.9. The van der Waals surface area contributed by atoms with Crippen LogP contribution in [0.15, 0.2) is 24.3 Å². The number of anilines is 1. The van der Waals surface area contributed by atoms with Crippen molar-refractivity contribution in [2.24, 2.45) is 0 Å². The molecule has 0 aliphatic carbocycles. The molecule has 1 heterocycles. The topological polar surface area (TPSA) is 57.8 Å². The van der Waals surface area contributed by atoms with Crippen LogP contribution in [0.2, 0.25) is 0 Å². The number of benzene rings is 1. The molecule has 0 aliphatic rings. The maximum Gasteiger partial charge on any atom is 0.257 e. The highest BCUT2D eigenvalue weighted by Crippen LogP contribution is 2.13. The van der Waals surface area contributed by atoms with Crippen molar-refractivity contribution in [3.63, 3.8) is 0 Å². The van der Waals surface area contributed by atoms with E-state index in [0.29, 0.717) is 11.4 Å². The van der Waals surface area contributed by atoms with Gasteiger partial charge < -0.3 is 5.32 Å². The van der Waals surface area contributed by atoms with Crippen LogP contribution in [-0.4, -0.2) is 16.1 Å². The molecule has 1 amide bonds. The second-order valence-electron chi connectivity index (χ2n) is 3.85. The summed E-state index contributed by atoms with van der Waals surface area (Å²) in [6, 6.07) is 5.81. The molecule has 0 bridgehead atoms. The van der Waals surface area contributed by atoms with Crippen molar-refractivity contribution in [3.05, 3.63) is 46.9 Å². The van der Waals surface area contributed by atoms with Crippen LogP contribution in [0.1, 0.15) is 21.6 Å². The molecule has 0 unspecified atom stereocenters. The van der Waals surface area contributed by atoms with Crippen molar-refractivity contribution in [1.82, 2.24) is 10.2 Å². The van der Waals surface area contributed by atoms with Crippen LogP contribution in [0.25, 0.3) is 0 Å². The maximum absolute atomic E-state index is 13.0. The van der Waals surface area contributed by atoms with E-state index in [9.17, 15) is 9.18 Å². The van der Waals surface area contributed by atoms with Crippen LogP contribution in [0.4, 0.5) is 10.2 Å². The van der Waals surface area contributed by atoms with Crippen LogP contribution in [0.3, 0.4) is 0 Å². The molecule has 0 spiro atoms. The van der Waals surface area contributed by atoms with Gasteiger partial charge in [0, 0.05) is 17.3 Å². The van der Waals surface area contributed by atoms with Crippen LogP contribution in [0, 0.1) is 19.7 Å². The molecule has 0 fully saturated rings. The lowest BCUT2D eigenvalue weighted by atomic mass is 10.1. The minimum absolute atomic E-state index is 0.311. The Bertz CT molecular complexity index is 563. The van der Waals surface area contributed by atoms with Gasteiger partial charge >= 0.3 is 0 Å². The minimum Gasteiger partial charge on any atom is -0.305 e. The molecular formula is C12H12FN3O. The third kappa shape index (κ3) is 2.50. The average Bonchev–Trinajstić information content (AvgIpc) is 2.67. The number of hydrogen-bond acceptors (Lipinski definition) is 2. The molecule has 0 aliphatic heterocycles. The van der Waals surface area contributed by atoms with E-state index in [4.69, 9.17) is 0 Å². The molecule has 2 aromatic rings. The minimum atomic E-state index is -0.432. The van der Waals surface area contributed by atoms with Gasteiger partial charge in [-0.3, -0.25) is 9.89 Å². The zero-order valence-electron chi connectivity index (χ0n) is 9.54. The van der Waals surface area contributed by atoms with Gasteiger partial charge in [0.15, 0.2) is 5.82 Å². The number of aryl methyl sites for hydroxylation is 2. The van der Waals surface area contributed by atoms with Gasteiger partial charge in [-0.15, -0.1) is 0 Å². The molecule has 88 valence electrons. The van der Waals surface area contributed by atoms with Crippen molar-refractivity contribution in [1.29, 1.82) is 0 Å². The first-order valence-electron chi connectivity index (χ1n) is 5.16. The molecule has 0 atom stereocenters. The first kappa shape index (κ1) is 11.3. The molecule has 0 saturated carbocycles. The van der Waals surface area contributed by atoms with Crippen molar-refractivity contribution in [3.8, 4) is 0 Å². The summed E-state index contributed by atoms with van der Waals surface area (Å²) in [7, 11) is 0. The number of aromatic nitrogens is 2. The zero-order valence-corrected chi connectivity index (χ0v) is 9.54. The molecule has 1 aromatic carbocycles. The second kappa shape index (κ2) is 4.37. The summed E-state index contributed by atoms with van der Waals surface area (Å²) in [5, 5.41) is 9.19. The monoisotopic (exact) mass is 233 g/mol. The van der Waals surface area contributed by atoms with Gasteiger partial charge in [0.1, 0.15) is 5.82 Å². The number of H-pyrrole nitrogens is 1. The highest BCUT2D eigenvalue weighted by molar-refractivity contribution is 6.04. The summed E-state index contributed by atoms with van der Waals surface area (Å²) in [5.41, 5.74) is 1.87. The predicted octanol–water partition coefficient (Wildman–Crippen LogP) is 2.42. The number of rotatable bonds is 2. The van der Waals surface area contributed by atoms with E-state index in [1.807, 2.05) is 6.92 Å². The summed E-state index contributed by atoms with van der Waals surface area (Å²) in [5.74, 6) is -0.372. The van der Waals surface area contributed by atoms with Gasteiger partial charge in [0.25, 0.3) is 5.91 Å². The van der Waals surface area contributed by atoms with E-state index in [1.54, 1.807) is 19.1 Å². The second-order valence-corrected chi connectivity index (χ2v) is 3.85. The number of halogens is 1. The van der Waals surface area contributed by atoms with Crippen molar-refractivity contribution >= 4 is 11.7 Å². The Kier molecular flexibility index (Phi) is 2.91. The number of aromatic amines is 1. The molecule has 5 heteroatoms. The molecule has 2 rings (SSSR count). The quantitative estimate of drug-likeness (QED) is 0.836. The number of hydrogen-bond donors (Lipinski definition) is 2. The average molecular weight is 233 g/mol. The number of nitrogens with one attached hydrogen (secondary N) is 2.